The summed E-state index contributed by atoms with van der Waals surface area (Å²) in [6.45, 7) is 7.89. The first kappa shape index (κ1) is 23.0. The Balaban J connectivity index is 0.00000338. The van der Waals surface area contributed by atoms with Crippen molar-refractivity contribution in [3.63, 3.8) is 0 Å². The maximum atomic E-state index is 5.90. The average molecular weight is 476 g/mol. The fourth-order valence-corrected chi connectivity index (χ4v) is 2.79. The number of pyridine rings is 1. The predicted molar refractivity (Wildman–Crippen MR) is 116 cm³/mol. The SMILES string of the molecule is CCNC(=NCc1ccc(OC2CCCC2)nc1)NCCCOCC.I. The molecule has 0 spiro atoms. The van der Waals surface area contributed by atoms with Crippen molar-refractivity contribution in [3.8, 4) is 5.88 Å². The highest BCUT2D eigenvalue weighted by Crippen LogP contribution is 2.22. The van der Waals surface area contributed by atoms with Gasteiger partial charge in [-0.2, -0.15) is 0 Å². The summed E-state index contributed by atoms with van der Waals surface area (Å²) in [6.07, 6.45) is 7.99. The van der Waals surface area contributed by atoms with E-state index in [1.54, 1.807) is 0 Å². The molecule has 0 aliphatic heterocycles. The fourth-order valence-electron chi connectivity index (χ4n) is 2.79. The quantitative estimate of drug-likeness (QED) is 0.234. The molecule has 0 saturated heterocycles. The summed E-state index contributed by atoms with van der Waals surface area (Å²) in [6, 6.07) is 3.99. The fraction of sp³-hybridized carbons (Fsp3) is 0.684. The summed E-state index contributed by atoms with van der Waals surface area (Å²) in [4.78, 5) is 9.02. The summed E-state index contributed by atoms with van der Waals surface area (Å²) in [5.74, 6) is 1.55. The molecule has 2 rings (SSSR count). The van der Waals surface area contributed by atoms with Gasteiger partial charge in [-0.25, -0.2) is 9.98 Å². The Morgan fingerprint density at radius 3 is 2.69 bits per heavy atom. The van der Waals surface area contributed by atoms with Crippen molar-refractivity contribution in [2.45, 2.75) is 58.6 Å². The van der Waals surface area contributed by atoms with E-state index in [9.17, 15) is 0 Å². The minimum Gasteiger partial charge on any atom is -0.474 e. The first-order chi connectivity index (χ1) is 12.3. The molecule has 6 nitrogen and oxygen atoms in total. The van der Waals surface area contributed by atoms with Crippen LogP contribution in [0.25, 0.3) is 0 Å². The van der Waals surface area contributed by atoms with Crippen LogP contribution in [0.1, 0.15) is 51.5 Å². The van der Waals surface area contributed by atoms with Crippen LogP contribution in [0.2, 0.25) is 0 Å². The molecule has 0 bridgehead atoms. The molecule has 1 aliphatic rings. The Hall–Kier alpha value is -1.09. The van der Waals surface area contributed by atoms with Crippen LogP contribution in [0.5, 0.6) is 5.88 Å². The van der Waals surface area contributed by atoms with Gasteiger partial charge in [0, 0.05) is 38.6 Å². The second-order valence-corrected chi connectivity index (χ2v) is 6.20. The maximum Gasteiger partial charge on any atom is 0.213 e. The number of halogens is 1. The van der Waals surface area contributed by atoms with E-state index >= 15 is 0 Å². The lowest BCUT2D eigenvalue weighted by Gasteiger charge is -2.12. The van der Waals surface area contributed by atoms with Crippen LogP contribution in [-0.4, -0.2) is 43.4 Å². The standard InChI is InChI=1S/C19H32N4O2.HI/c1-3-20-19(21-12-7-13-24-4-2)23-15-16-10-11-18(22-14-16)25-17-8-5-6-9-17;/h10-11,14,17H,3-9,12-13,15H2,1-2H3,(H2,20,21,23);1H. The first-order valence-corrected chi connectivity index (χ1v) is 9.53. The highest BCUT2D eigenvalue weighted by atomic mass is 127. The van der Waals surface area contributed by atoms with Crippen molar-refractivity contribution in [1.82, 2.24) is 15.6 Å². The van der Waals surface area contributed by atoms with Gasteiger partial charge in [-0.05, 0) is 51.5 Å². The van der Waals surface area contributed by atoms with E-state index in [0.717, 1.165) is 63.0 Å². The van der Waals surface area contributed by atoms with Crippen LogP contribution in [0.3, 0.4) is 0 Å². The molecule has 0 amide bonds. The number of aromatic nitrogens is 1. The number of hydrogen-bond donors (Lipinski definition) is 2. The normalized spacial score (nSPS) is 14.8. The topological polar surface area (TPSA) is 67.8 Å². The minimum atomic E-state index is 0. The molecular weight excluding hydrogens is 443 g/mol. The Morgan fingerprint density at radius 1 is 1.23 bits per heavy atom. The van der Waals surface area contributed by atoms with Crippen LogP contribution >= 0.6 is 24.0 Å². The van der Waals surface area contributed by atoms with Gasteiger partial charge < -0.3 is 20.1 Å². The van der Waals surface area contributed by atoms with Crippen LogP contribution in [0.4, 0.5) is 0 Å². The van der Waals surface area contributed by atoms with Crippen molar-refractivity contribution in [3.05, 3.63) is 23.9 Å². The van der Waals surface area contributed by atoms with Crippen molar-refractivity contribution in [1.29, 1.82) is 0 Å². The third kappa shape index (κ3) is 9.02. The van der Waals surface area contributed by atoms with Crippen LogP contribution in [0.15, 0.2) is 23.3 Å². The summed E-state index contributed by atoms with van der Waals surface area (Å²) in [7, 11) is 0. The van der Waals surface area contributed by atoms with Crippen molar-refractivity contribution in [2.24, 2.45) is 4.99 Å². The van der Waals surface area contributed by atoms with Gasteiger partial charge in [0.25, 0.3) is 0 Å². The van der Waals surface area contributed by atoms with Crippen LogP contribution in [-0.2, 0) is 11.3 Å². The number of guanidine groups is 1. The molecule has 1 saturated carbocycles. The van der Waals surface area contributed by atoms with Gasteiger partial charge in [-0.15, -0.1) is 24.0 Å². The second-order valence-electron chi connectivity index (χ2n) is 6.20. The van der Waals surface area contributed by atoms with Gasteiger partial charge in [0.15, 0.2) is 5.96 Å². The highest BCUT2D eigenvalue weighted by molar-refractivity contribution is 14.0. The molecular formula is C19H33IN4O2. The number of ether oxygens (including phenoxy) is 2. The number of rotatable bonds is 10. The summed E-state index contributed by atoms with van der Waals surface area (Å²) >= 11 is 0. The number of hydrogen-bond acceptors (Lipinski definition) is 4. The first-order valence-electron chi connectivity index (χ1n) is 9.53. The van der Waals surface area contributed by atoms with Gasteiger partial charge in [-0.1, -0.05) is 6.07 Å². The zero-order valence-electron chi connectivity index (χ0n) is 16.0. The zero-order valence-corrected chi connectivity index (χ0v) is 18.3. The largest absolute Gasteiger partial charge is 0.474 e. The smallest absolute Gasteiger partial charge is 0.213 e. The van der Waals surface area contributed by atoms with Gasteiger partial charge >= 0.3 is 0 Å². The van der Waals surface area contributed by atoms with Gasteiger partial charge in [0.2, 0.25) is 5.88 Å². The molecule has 0 radical (unpaired) electrons. The molecule has 1 aliphatic carbocycles. The number of aliphatic imine (C=N–C) groups is 1. The summed E-state index contributed by atoms with van der Waals surface area (Å²) < 4.78 is 11.2. The minimum absolute atomic E-state index is 0. The molecule has 0 atom stereocenters. The Kier molecular flexibility index (Phi) is 12.4. The second kappa shape index (κ2) is 14.0. The van der Waals surface area contributed by atoms with Gasteiger partial charge in [-0.3, -0.25) is 0 Å². The molecule has 1 fully saturated rings. The lowest BCUT2D eigenvalue weighted by molar-refractivity contribution is 0.145. The lowest BCUT2D eigenvalue weighted by atomic mass is 10.3. The van der Waals surface area contributed by atoms with Crippen molar-refractivity contribution in [2.75, 3.05) is 26.3 Å². The van der Waals surface area contributed by atoms with Crippen molar-refractivity contribution >= 4 is 29.9 Å². The molecule has 148 valence electrons. The molecule has 1 aromatic heterocycles. The van der Waals surface area contributed by atoms with E-state index in [4.69, 9.17) is 9.47 Å². The van der Waals surface area contributed by atoms with E-state index in [1.165, 1.54) is 12.8 Å². The van der Waals surface area contributed by atoms with Crippen molar-refractivity contribution < 1.29 is 9.47 Å². The monoisotopic (exact) mass is 476 g/mol. The molecule has 0 unspecified atom stereocenters. The highest BCUT2D eigenvalue weighted by Gasteiger charge is 2.16. The zero-order chi connectivity index (χ0) is 17.7. The molecule has 7 heteroatoms. The van der Waals surface area contributed by atoms with E-state index < -0.39 is 0 Å². The van der Waals surface area contributed by atoms with Gasteiger partial charge in [0.05, 0.1) is 6.54 Å². The lowest BCUT2D eigenvalue weighted by Crippen LogP contribution is -2.38. The molecule has 0 aromatic carbocycles. The van der Waals surface area contributed by atoms with Crippen LogP contribution in [0, 0.1) is 0 Å². The molecule has 1 heterocycles. The number of nitrogens with one attached hydrogen (secondary N) is 2. The molecule has 2 N–H and O–H groups in total. The van der Waals surface area contributed by atoms with E-state index in [2.05, 4.69) is 27.5 Å². The van der Waals surface area contributed by atoms with E-state index in [1.807, 2.05) is 25.3 Å². The Morgan fingerprint density at radius 2 is 2.04 bits per heavy atom. The summed E-state index contributed by atoms with van der Waals surface area (Å²) in [5, 5.41) is 6.58. The van der Waals surface area contributed by atoms with Gasteiger partial charge in [0.1, 0.15) is 6.10 Å². The maximum absolute atomic E-state index is 5.90. The Labute approximate surface area is 174 Å². The van der Waals surface area contributed by atoms with E-state index in [-0.39, 0.29) is 24.0 Å². The average Bonchev–Trinajstić information content (AvgIpc) is 3.13. The predicted octanol–water partition coefficient (Wildman–Crippen LogP) is 3.50. The third-order valence-corrected chi connectivity index (χ3v) is 4.11. The summed E-state index contributed by atoms with van der Waals surface area (Å²) in [5.41, 5.74) is 1.07. The Bertz CT molecular complexity index is 505. The van der Waals surface area contributed by atoms with Crippen LogP contribution < -0.4 is 15.4 Å². The molecule has 1 aromatic rings. The molecule has 26 heavy (non-hydrogen) atoms. The third-order valence-electron chi connectivity index (χ3n) is 4.11. The van der Waals surface area contributed by atoms with E-state index in [0.29, 0.717) is 12.6 Å². The number of nitrogens with zero attached hydrogens (tertiary/aromatic N) is 2.